The summed E-state index contributed by atoms with van der Waals surface area (Å²) in [6.07, 6.45) is 22.7. The molecule has 0 bridgehead atoms. The Morgan fingerprint density at radius 3 is 1.31 bits per heavy atom. The fourth-order valence-electron chi connectivity index (χ4n) is 12.2. The first-order chi connectivity index (χ1) is 43.4. The Balaban J connectivity index is 2.36. The molecule has 0 saturated carbocycles. The number of hydrogen-bond acceptors (Lipinski definition) is 17. The number of amides is 2. The van der Waals surface area contributed by atoms with Crippen LogP contribution < -0.4 is 10.6 Å². The molecule has 0 aromatic heterocycles. The van der Waals surface area contributed by atoms with Gasteiger partial charge >= 0.3 is 19.8 Å². The Labute approximate surface area is 542 Å². The van der Waals surface area contributed by atoms with Crippen LogP contribution in [0.25, 0.3) is 0 Å². The van der Waals surface area contributed by atoms with Crippen LogP contribution in [0.5, 0.6) is 0 Å². The van der Waals surface area contributed by atoms with Crippen molar-refractivity contribution in [2.45, 2.75) is 396 Å². The average molecular weight is 1310 g/mol. The fraction of sp³-hybridized carbons (Fsp3) is 0.941. The van der Waals surface area contributed by atoms with Crippen molar-refractivity contribution in [3.05, 3.63) is 0 Å². The standard InChI is InChI=1S/C68H129N2O19P/c1-5-9-13-17-21-25-26-30-34-38-42-46-59(76)85-54(45-41-37-33-29-24-20-16-12-8-4)49-58(75)70-62-66(88-60(77)48-53(73)44-40-36-32-28-23-19-15-11-7-3)65(89-90(81,82)83)55(50-71)87-68(62)84-51-56-63(78)64(79)61(67(80)86-56)69-57(74)47-52(72)43-39-35-31-27-22-18-14-10-6-2/h52-56,61-68,71-73,78-80H,5-51H2,1-4H3,(H,69,74)(H,70,75)(H2,81,82,83)/t52-,53-,54-,55?,56?,61?,62+,63-,64-,65-,66?,67+,68-/m1/s1. The number of aliphatic hydroxyl groups is 6. The molecule has 530 valence electrons. The number of phosphoric acid groups is 1. The summed E-state index contributed by atoms with van der Waals surface area (Å²) in [6.45, 7) is 7.00. The third-order valence-corrected chi connectivity index (χ3v) is 18.1. The molecule has 90 heavy (non-hydrogen) atoms. The lowest BCUT2D eigenvalue weighted by molar-refractivity contribution is -0.297. The van der Waals surface area contributed by atoms with Crippen LogP contribution in [0.15, 0.2) is 0 Å². The van der Waals surface area contributed by atoms with Crippen molar-refractivity contribution in [3.63, 3.8) is 0 Å². The minimum Gasteiger partial charge on any atom is -0.462 e. The summed E-state index contributed by atoms with van der Waals surface area (Å²) < 4.78 is 47.6. The van der Waals surface area contributed by atoms with Gasteiger partial charge in [-0.3, -0.25) is 23.7 Å². The first kappa shape index (κ1) is 83.7. The van der Waals surface area contributed by atoms with Crippen molar-refractivity contribution >= 4 is 31.6 Å². The van der Waals surface area contributed by atoms with Crippen LogP contribution in [0.1, 0.15) is 317 Å². The fourth-order valence-corrected chi connectivity index (χ4v) is 12.7. The molecule has 0 aromatic carbocycles. The van der Waals surface area contributed by atoms with E-state index in [2.05, 4.69) is 38.3 Å². The van der Waals surface area contributed by atoms with Gasteiger partial charge in [0.1, 0.15) is 48.7 Å². The Bertz CT molecular complexity index is 1850. The van der Waals surface area contributed by atoms with E-state index < -0.39 is 137 Å². The number of aliphatic hydroxyl groups excluding tert-OH is 6. The van der Waals surface area contributed by atoms with E-state index in [1.165, 1.54) is 89.9 Å². The van der Waals surface area contributed by atoms with Gasteiger partial charge in [-0.2, -0.15) is 0 Å². The zero-order valence-corrected chi connectivity index (χ0v) is 57.1. The normalized spacial score (nSPS) is 23.1. The highest BCUT2D eigenvalue weighted by Crippen LogP contribution is 2.42. The van der Waals surface area contributed by atoms with Gasteiger partial charge in [-0.25, -0.2) is 4.57 Å². The molecule has 0 aliphatic carbocycles. The maximum Gasteiger partial charge on any atom is 0.470 e. The van der Waals surface area contributed by atoms with E-state index in [9.17, 15) is 64.2 Å². The van der Waals surface area contributed by atoms with Crippen LogP contribution in [-0.2, 0) is 52.0 Å². The third kappa shape index (κ3) is 40.1. The first-order valence-corrected chi connectivity index (χ1v) is 37.6. The second-order valence-electron chi connectivity index (χ2n) is 26.0. The monoisotopic (exact) mass is 1310 g/mol. The summed E-state index contributed by atoms with van der Waals surface area (Å²) in [4.78, 5) is 75.4. The summed E-state index contributed by atoms with van der Waals surface area (Å²) in [5.41, 5.74) is 0. The lowest BCUT2D eigenvalue weighted by Crippen LogP contribution is -2.67. The molecule has 2 fully saturated rings. The molecule has 2 aliphatic rings. The molecule has 4 unspecified atom stereocenters. The zero-order valence-electron chi connectivity index (χ0n) is 56.3. The van der Waals surface area contributed by atoms with Crippen molar-refractivity contribution in [1.29, 1.82) is 0 Å². The van der Waals surface area contributed by atoms with Gasteiger partial charge in [0.15, 0.2) is 18.7 Å². The van der Waals surface area contributed by atoms with Crippen molar-refractivity contribution in [3.8, 4) is 0 Å². The topological polar surface area (TPSA) is 327 Å². The van der Waals surface area contributed by atoms with Gasteiger partial charge in [0.25, 0.3) is 0 Å². The Morgan fingerprint density at radius 1 is 0.467 bits per heavy atom. The lowest BCUT2D eigenvalue weighted by Gasteiger charge is -2.46. The first-order valence-electron chi connectivity index (χ1n) is 36.0. The lowest BCUT2D eigenvalue weighted by atomic mass is 9.95. The van der Waals surface area contributed by atoms with Gasteiger partial charge in [0.05, 0.1) is 44.7 Å². The molecule has 0 aromatic rings. The van der Waals surface area contributed by atoms with E-state index in [0.29, 0.717) is 38.5 Å². The molecule has 2 aliphatic heterocycles. The van der Waals surface area contributed by atoms with Crippen LogP contribution in [0.4, 0.5) is 0 Å². The van der Waals surface area contributed by atoms with Gasteiger partial charge < -0.3 is 74.7 Å². The molecule has 13 atom stereocenters. The number of unbranched alkanes of at least 4 members (excludes halogenated alkanes) is 34. The van der Waals surface area contributed by atoms with Gasteiger partial charge in [0.2, 0.25) is 11.8 Å². The minimum absolute atomic E-state index is 0.153. The van der Waals surface area contributed by atoms with E-state index in [1.807, 2.05) is 0 Å². The molecule has 22 heteroatoms. The predicted molar refractivity (Wildman–Crippen MR) is 348 cm³/mol. The number of phosphoric ester groups is 1. The highest BCUT2D eigenvalue weighted by molar-refractivity contribution is 7.46. The van der Waals surface area contributed by atoms with E-state index in [-0.39, 0.29) is 19.3 Å². The zero-order chi connectivity index (χ0) is 66.2. The van der Waals surface area contributed by atoms with Crippen LogP contribution in [0, 0.1) is 0 Å². The molecule has 2 heterocycles. The number of nitrogens with one attached hydrogen (secondary N) is 2. The number of esters is 2. The molecule has 2 saturated heterocycles. The van der Waals surface area contributed by atoms with Gasteiger partial charge in [0, 0.05) is 6.42 Å². The predicted octanol–water partition coefficient (Wildman–Crippen LogP) is 11.8. The Hall–Kier alpha value is -2.37. The van der Waals surface area contributed by atoms with Gasteiger partial charge in [-0.15, -0.1) is 0 Å². The molecule has 2 rings (SSSR count). The number of carbonyl (C=O) groups excluding carboxylic acids is 4. The van der Waals surface area contributed by atoms with E-state index in [1.54, 1.807) is 0 Å². The largest absolute Gasteiger partial charge is 0.470 e. The summed E-state index contributed by atoms with van der Waals surface area (Å²) >= 11 is 0. The summed E-state index contributed by atoms with van der Waals surface area (Å²) in [5, 5.41) is 71.4. The average Bonchev–Trinajstić information content (AvgIpc) is 0.883. The molecule has 0 radical (unpaired) electrons. The minimum atomic E-state index is -5.49. The molecular weight excluding hydrogens is 1180 g/mol. The van der Waals surface area contributed by atoms with Crippen molar-refractivity contribution in [1.82, 2.24) is 10.6 Å². The van der Waals surface area contributed by atoms with Crippen molar-refractivity contribution in [2.24, 2.45) is 0 Å². The quantitative estimate of drug-likeness (QED) is 0.0154. The highest BCUT2D eigenvalue weighted by atomic mass is 31.2. The maximum absolute atomic E-state index is 14.5. The Morgan fingerprint density at radius 2 is 0.867 bits per heavy atom. The van der Waals surface area contributed by atoms with E-state index >= 15 is 0 Å². The SMILES string of the molecule is CCCCCCCCCCCCCC(=O)O[C@H](CCCCCCCCCCC)CC(=O)N[C@H]1C(OC(=O)C[C@H](O)CCCCCCCCCCC)[C@H](OP(=O)(O)O)C(CO)O[C@H]1OCC1O[C@H](O)C(NC(=O)C[C@H](O)CCCCCCCCCCC)[C@@H](O)[C@@H]1O. The summed E-state index contributed by atoms with van der Waals surface area (Å²) in [5.74, 6) is -2.98. The van der Waals surface area contributed by atoms with Crippen LogP contribution in [-0.4, -0.2) is 157 Å². The molecule has 0 spiro atoms. The molecule has 10 N–H and O–H groups in total. The van der Waals surface area contributed by atoms with Crippen LogP contribution in [0.3, 0.4) is 0 Å². The molecule has 2 amide bonds. The van der Waals surface area contributed by atoms with Crippen molar-refractivity contribution < 1.29 is 92.4 Å². The molecule has 21 nitrogen and oxygen atoms in total. The molecular formula is C68H129N2O19P. The van der Waals surface area contributed by atoms with Crippen LogP contribution >= 0.6 is 7.82 Å². The Kier molecular flexibility index (Phi) is 49.2. The number of rotatable bonds is 58. The maximum atomic E-state index is 14.5. The summed E-state index contributed by atoms with van der Waals surface area (Å²) in [7, 11) is -5.49. The van der Waals surface area contributed by atoms with E-state index in [4.69, 9.17) is 28.2 Å². The second kappa shape index (κ2) is 52.9. The van der Waals surface area contributed by atoms with Gasteiger partial charge in [-0.05, 0) is 32.1 Å². The van der Waals surface area contributed by atoms with E-state index in [0.717, 1.165) is 128 Å². The number of hydrogen-bond donors (Lipinski definition) is 10. The summed E-state index contributed by atoms with van der Waals surface area (Å²) in [6, 6.07) is -3.26. The van der Waals surface area contributed by atoms with Gasteiger partial charge in [-0.1, -0.05) is 259 Å². The highest BCUT2D eigenvalue weighted by Gasteiger charge is 2.53. The van der Waals surface area contributed by atoms with Crippen LogP contribution in [0.2, 0.25) is 0 Å². The number of carbonyl (C=O) groups is 4. The number of ether oxygens (including phenoxy) is 5. The third-order valence-electron chi connectivity index (χ3n) is 17.6. The smallest absolute Gasteiger partial charge is 0.462 e. The second-order valence-corrected chi connectivity index (χ2v) is 27.2. The van der Waals surface area contributed by atoms with Crippen molar-refractivity contribution in [2.75, 3.05) is 13.2 Å².